The number of rotatable bonds is 2. The van der Waals surface area contributed by atoms with E-state index >= 15 is 0 Å². The minimum absolute atomic E-state index is 0.100. The van der Waals surface area contributed by atoms with Crippen LogP contribution in [-0.2, 0) is 5.41 Å². The fourth-order valence-corrected chi connectivity index (χ4v) is 3.90. The van der Waals surface area contributed by atoms with Crippen molar-refractivity contribution in [1.82, 2.24) is 10.2 Å². The van der Waals surface area contributed by atoms with E-state index in [1.807, 2.05) is 6.07 Å². The molecule has 2 aliphatic heterocycles. The molecule has 1 aromatic carbocycles. The molecule has 0 radical (unpaired) electrons. The van der Waals surface area contributed by atoms with Crippen molar-refractivity contribution in [2.24, 2.45) is 5.92 Å². The molecule has 0 amide bonds. The molecule has 0 spiro atoms. The predicted octanol–water partition coefficient (Wildman–Crippen LogP) is 2.40. The van der Waals surface area contributed by atoms with Gasteiger partial charge >= 0.3 is 0 Å². The molecular weight excluding hydrogens is 239 g/mol. The summed E-state index contributed by atoms with van der Waals surface area (Å²) in [5, 5.41) is 3.50. The fourth-order valence-electron chi connectivity index (χ4n) is 3.90. The van der Waals surface area contributed by atoms with Gasteiger partial charge in [-0.1, -0.05) is 12.1 Å². The lowest BCUT2D eigenvalue weighted by Gasteiger charge is -2.42. The Bertz CT molecular complexity index is 432. The van der Waals surface area contributed by atoms with E-state index in [9.17, 15) is 4.39 Å². The normalized spacial score (nSPS) is 29.8. The van der Waals surface area contributed by atoms with Gasteiger partial charge in [-0.25, -0.2) is 4.39 Å². The van der Waals surface area contributed by atoms with E-state index in [4.69, 9.17) is 0 Å². The number of nitrogens with zero attached hydrogens (tertiary/aromatic N) is 1. The van der Waals surface area contributed by atoms with Crippen LogP contribution in [0.1, 0.15) is 24.8 Å². The lowest BCUT2D eigenvalue weighted by atomic mass is 9.66. The fraction of sp³-hybridized carbons (Fsp3) is 0.625. The molecular formula is C16H23FN2. The molecule has 1 unspecified atom stereocenters. The highest BCUT2D eigenvalue weighted by molar-refractivity contribution is 5.29. The maximum absolute atomic E-state index is 13.6. The van der Waals surface area contributed by atoms with Crippen LogP contribution in [0.25, 0.3) is 0 Å². The van der Waals surface area contributed by atoms with Crippen molar-refractivity contribution in [3.05, 3.63) is 35.6 Å². The smallest absolute Gasteiger partial charge is 0.123 e. The van der Waals surface area contributed by atoms with E-state index in [0.29, 0.717) is 5.92 Å². The van der Waals surface area contributed by atoms with Gasteiger partial charge in [0, 0.05) is 12.0 Å². The van der Waals surface area contributed by atoms with Gasteiger partial charge < -0.3 is 10.2 Å². The van der Waals surface area contributed by atoms with Crippen molar-refractivity contribution < 1.29 is 4.39 Å². The molecule has 1 atom stereocenters. The average Bonchev–Trinajstić information content (AvgIpc) is 2.90. The zero-order valence-corrected chi connectivity index (χ0v) is 11.7. The van der Waals surface area contributed by atoms with Crippen LogP contribution in [0.2, 0.25) is 0 Å². The number of piperidine rings is 1. The first-order valence-corrected chi connectivity index (χ1v) is 7.36. The molecule has 1 N–H and O–H groups in total. The van der Waals surface area contributed by atoms with Crippen molar-refractivity contribution in [3.8, 4) is 0 Å². The van der Waals surface area contributed by atoms with Gasteiger partial charge in [-0.15, -0.1) is 0 Å². The Morgan fingerprint density at radius 2 is 2.11 bits per heavy atom. The van der Waals surface area contributed by atoms with Gasteiger partial charge in [0.2, 0.25) is 0 Å². The van der Waals surface area contributed by atoms with Crippen LogP contribution in [0.4, 0.5) is 4.39 Å². The summed E-state index contributed by atoms with van der Waals surface area (Å²) in [5.41, 5.74) is 1.36. The van der Waals surface area contributed by atoms with E-state index in [0.717, 1.165) is 19.5 Å². The third-order valence-corrected chi connectivity index (χ3v) is 5.09. The largest absolute Gasteiger partial charge is 0.316 e. The Hall–Kier alpha value is -0.930. The molecule has 0 saturated carbocycles. The Labute approximate surface area is 115 Å². The van der Waals surface area contributed by atoms with Gasteiger partial charge in [-0.2, -0.15) is 0 Å². The molecule has 2 nitrogen and oxygen atoms in total. The quantitative estimate of drug-likeness (QED) is 0.880. The van der Waals surface area contributed by atoms with Crippen molar-refractivity contribution in [2.75, 3.05) is 33.2 Å². The average molecular weight is 262 g/mol. The summed E-state index contributed by atoms with van der Waals surface area (Å²) in [4.78, 5) is 2.40. The summed E-state index contributed by atoms with van der Waals surface area (Å²) in [6, 6.07) is 7.29. The van der Waals surface area contributed by atoms with Crippen LogP contribution in [0.15, 0.2) is 24.3 Å². The molecule has 0 aromatic heterocycles. The van der Waals surface area contributed by atoms with Crippen molar-refractivity contribution in [1.29, 1.82) is 0 Å². The summed E-state index contributed by atoms with van der Waals surface area (Å²) in [7, 11) is 2.19. The van der Waals surface area contributed by atoms with Crippen LogP contribution in [0.5, 0.6) is 0 Å². The van der Waals surface area contributed by atoms with Crippen molar-refractivity contribution >= 4 is 0 Å². The SMILES string of the molecule is CN1CCC(C2(c3cccc(F)c3)CCNC2)CC1. The van der Waals surface area contributed by atoms with Crippen LogP contribution in [-0.4, -0.2) is 38.1 Å². The zero-order valence-electron chi connectivity index (χ0n) is 11.7. The highest BCUT2D eigenvalue weighted by Gasteiger charge is 2.43. The summed E-state index contributed by atoms with van der Waals surface area (Å²) in [6.07, 6.45) is 3.61. The molecule has 3 heteroatoms. The van der Waals surface area contributed by atoms with Gasteiger partial charge in [0.05, 0.1) is 0 Å². The van der Waals surface area contributed by atoms with Gasteiger partial charge in [-0.05, 0) is 69.6 Å². The van der Waals surface area contributed by atoms with Crippen LogP contribution in [0, 0.1) is 11.7 Å². The second kappa shape index (κ2) is 5.22. The summed E-state index contributed by atoms with van der Waals surface area (Å²) < 4.78 is 13.6. The van der Waals surface area contributed by atoms with Crippen LogP contribution in [0.3, 0.4) is 0 Å². The van der Waals surface area contributed by atoms with Gasteiger partial charge in [0.1, 0.15) is 5.82 Å². The van der Waals surface area contributed by atoms with E-state index in [1.165, 1.54) is 31.5 Å². The first kappa shape index (κ1) is 13.1. The lowest BCUT2D eigenvalue weighted by Crippen LogP contribution is -2.43. The Morgan fingerprint density at radius 1 is 1.32 bits per heavy atom. The Kier molecular flexibility index (Phi) is 3.59. The monoisotopic (exact) mass is 262 g/mol. The first-order valence-electron chi connectivity index (χ1n) is 7.36. The van der Waals surface area contributed by atoms with Crippen molar-refractivity contribution in [2.45, 2.75) is 24.7 Å². The van der Waals surface area contributed by atoms with E-state index in [1.54, 1.807) is 12.1 Å². The molecule has 2 saturated heterocycles. The van der Waals surface area contributed by atoms with E-state index in [-0.39, 0.29) is 11.2 Å². The van der Waals surface area contributed by atoms with E-state index in [2.05, 4.69) is 23.3 Å². The van der Waals surface area contributed by atoms with Crippen LogP contribution >= 0.6 is 0 Å². The van der Waals surface area contributed by atoms with Crippen molar-refractivity contribution in [3.63, 3.8) is 0 Å². The number of nitrogens with one attached hydrogen (secondary N) is 1. The minimum atomic E-state index is -0.100. The summed E-state index contributed by atoms with van der Waals surface area (Å²) in [5.74, 6) is 0.581. The molecule has 3 rings (SSSR count). The maximum Gasteiger partial charge on any atom is 0.123 e. The maximum atomic E-state index is 13.6. The predicted molar refractivity (Wildman–Crippen MR) is 75.8 cm³/mol. The summed E-state index contributed by atoms with van der Waals surface area (Å²) in [6.45, 7) is 4.40. The molecule has 104 valence electrons. The van der Waals surface area contributed by atoms with E-state index < -0.39 is 0 Å². The second-order valence-corrected chi connectivity index (χ2v) is 6.17. The Morgan fingerprint density at radius 3 is 2.74 bits per heavy atom. The number of likely N-dealkylation sites (tertiary alicyclic amines) is 1. The molecule has 1 aromatic rings. The molecule has 2 aliphatic rings. The third kappa shape index (κ3) is 2.41. The molecule has 0 aliphatic carbocycles. The molecule has 19 heavy (non-hydrogen) atoms. The highest BCUT2D eigenvalue weighted by atomic mass is 19.1. The zero-order chi connectivity index (χ0) is 13.3. The first-order chi connectivity index (χ1) is 9.21. The topological polar surface area (TPSA) is 15.3 Å². The number of benzene rings is 1. The number of hydrogen-bond donors (Lipinski definition) is 1. The summed E-state index contributed by atoms with van der Waals surface area (Å²) >= 11 is 0. The molecule has 2 fully saturated rings. The lowest BCUT2D eigenvalue weighted by molar-refractivity contribution is 0.153. The standard InChI is InChI=1S/C16H23FN2/c1-19-9-5-13(6-10-19)16(7-8-18-12-16)14-3-2-4-15(17)11-14/h2-4,11,13,18H,5-10,12H2,1H3. The highest BCUT2D eigenvalue weighted by Crippen LogP contribution is 2.43. The van der Waals surface area contributed by atoms with Gasteiger partial charge in [0.25, 0.3) is 0 Å². The number of hydrogen-bond acceptors (Lipinski definition) is 2. The molecule has 0 bridgehead atoms. The second-order valence-electron chi connectivity index (χ2n) is 6.17. The van der Waals surface area contributed by atoms with Gasteiger partial charge in [0.15, 0.2) is 0 Å². The minimum Gasteiger partial charge on any atom is -0.316 e. The van der Waals surface area contributed by atoms with Gasteiger partial charge in [-0.3, -0.25) is 0 Å². The van der Waals surface area contributed by atoms with Crippen LogP contribution < -0.4 is 5.32 Å². The number of halogens is 1. The third-order valence-electron chi connectivity index (χ3n) is 5.09. The Balaban J connectivity index is 1.91. The molecule has 2 heterocycles.